The lowest BCUT2D eigenvalue weighted by atomic mass is 9.57. The van der Waals surface area contributed by atoms with Crippen LogP contribution >= 0.6 is 0 Å². The number of hydrogen-bond donors (Lipinski definition) is 3. The van der Waals surface area contributed by atoms with Gasteiger partial charge in [-0.05, 0) is 38.5 Å². The number of amides is 2. The van der Waals surface area contributed by atoms with E-state index in [-0.39, 0.29) is 11.6 Å². The summed E-state index contributed by atoms with van der Waals surface area (Å²) in [6.07, 6.45) is 4.41. The Labute approximate surface area is 94.6 Å². The third-order valence-corrected chi connectivity index (χ3v) is 4.31. The highest BCUT2D eigenvalue weighted by Gasteiger charge is 2.53. The molecule has 0 spiro atoms. The standard InChI is InChI=1S/C11H18N2O3/c1-12-9(16)13-11-5-2-10(3-6-11,4-7-11)8(14)15/h2-7H2,1H3,(H,14,15)(H2,12,13,16). The summed E-state index contributed by atoms with van der Waals surface area (Å²) < 4.78 is 0. The number of urea groups is 1. The van der Waals surface area contributed by atoms with Gasteiger partial charge in [0.25, 0.3) is 0 Å². The number of rotatable bonds is 2. The average Bonchev–Trinajstić information content (AvgIpc) is 2.30. The van der Waals surface area contributed by atoms with Gasteiger partial charge in [-0.3, -0.25) is 4.79 Å². The Bertz CT molecular complexity index is 303. The minimum Gasteiger partial charge on any atom is -0.481 e. The van der Waals surface area contributed by atoms with E-state index in [2.05, 4.69) is 10.6 Å². The molecular weight excluding hydrogens is 208 g/mol. The molecule has 3 aliphatic carbocycles. The Morgan fingerprint density at radius 2 is 1.56 bits per heavy atom. The van der Waals surface area contributed by atoms with Crippen LogP contribution in [0.25, 0.3) is 0 Å². The van der Waals surface area contributed by atoms with Gasteiger partial charge < -0.3 is 15.7 Å². The third-order valence-electron chi connectivity index (χ3n) is 4.31. The summed E-state index contributed by atoms with van der Waals surface area (Å²) in [5.41, 5.74) is -0.663. The van der Waals surface area contributed by atoms with Crippen LogP contribution in [0.3, 0.4) is 0 Å². The van der Waals surface area contributed by atoms with Crippen LogP contribution in [0.2, 0.25) is 0 Å². The van der Waals surface area contributed by atoms with Crippen LogP contribution in [0.4, 0.5) is 4.79 Å². The smallest absolute Gasteiger partial charge is 0.314 e. The summed E-state index contributed by atoms with van der Waals surface area (Å²) in [6, 6.07) is -0.162. The fraction of sp³-hybridized carbons (Fsp3) is 0.818. The quantitative estimate of drug-likeness (QED) is 0.659. The monoisotopic (exact) mass is 226 g/mol. The molecule has 2 amide bonds. The molecule has 5 heteroatoms. The molecule has 3 fully saturated rings. The Hall–Kier alpha value is -1.26. The van der Waals surface area contributed by atoms with E-state index in [9.17, 15) is 14.7 Å². The second kappa shape index (κ2) is 3.64. The van der Waals surface area contributed by atoms with Crippen LogP contribution < -0.4 is 10.6 Å². The maximum atomic E-state index is 11.3. The van der Waals surface area contributed by atoms with Gasteiger partial charge in [0.2, 0.25) is 0 Å². The fourth-order valence-corrected chi connectivity index (χ4v) is 3.00. The van der Waals surface area contributed by atoms with Gasteiger partial charge in [-0.15, -0.1) is 0 Å². The van der Waals surface area contributed by atoms with Crippen molar-refractivity contribution in [3.63, 3.8) is 0 Å². The fourth-order valence-electron chi connectivity index (χ4n) is 3.00. The van der Waals surface area contributed by atoms with Crippen molar-refractivity contribution in [2.24, 2.45) is 5.41 Å². The minimum absolute atomic E-state index is 0.155. The molecular formula is C11H18N2O3. The second-order valence-electron chi connectivity index (χ2n) is 5.07. The molecule has 0 aliphatic heterocycles. The topological polar surface area (TPSA) is 78.4 Å². The predicted molar refractivity (Wildman–Crippen MR) is 58.1 cm³/mol. The summed E-state index contributed by atoms with van der Waals surface area (Å²) in [5.74, 6) is -0.666. The number of carbonyl (C=O) groups is 2. The SMILES string of the molecule is CNC(=O)NC12CCC(C(=O)O)(CC1)CC2. The van der Waals surface area contributed by atoms with E-state index in [0.717, 1.165) is 19.3 Å². The van der Waals surface area contributed by atoms with Gasteiger partial charge in [0.1, 0.15) is 0 Å². The first-order valence-corrected chi connectivity index (χ1v) is 5.75. The second-order valence-corrected chi connectivity index (χ2v) is 5.07. The average molecular weight is 226 g/mol. The van der Waals surface area contributed by atoms with Gasteiger partial charge in [-0.1, -0.05) is 0 Å². The summed E-state index contributed by atoms with van der Waals surface area (Å²) in [5, 5.41) is 14.8. The number of nitrogens with one attached hydrogen (secondary N) is 2. The Morgan fingerprint density at radius 1 is 1.06 bits per heavy atom. The third kappa shape index (κ3) is 1.64. The largest absolute Gasteiger partial charge is 0.481 e. The lowest BCUT2D eigenvalue weighted by Gasteiger charge is -2.51. The molecule has 3 rings (SSSR count). The number of aliphatic carboxylic acids is 1. The van der Waals surface area contributed by atoms with Gasteiger partial charge in [-0.25, -0.2) is 4.79 Å². The normalized spacial score (nSPS) is 36.8. The number of fused-ring (bicyclic) bond motifs is 3. The molecule has 3 saturated carbocycles. The van der Waals surface area contributed by atoms with Crippen molar-refractivity contribution in [2.75, 3.05) is 7.05 Å². The van der Waals surface area contributed by atoms with Gasteiger partial charge in [0.05, 0.1) is 5.41 Å². The summed E-state index contributed by atoms with van der Waals surface area (Å²) in [4.78, 5) is 22.6. The van der Waals surface area contributed by atoms with Crippen LogP contribution in [0.15, 0.2) is 0 Å². The first kappa shape index (κ1) is 11.2. The van der Waals surface area contributed by atoms with Crippen LogP contribution in [0, 0.1) is 5.41 Å². The number of carboxylic acid groups (broad SMARTS) is 1. The minimum atomic E-state index is -0.666. The van der Waals surface area contributed by atoms with Crippen LogP contribution in [0.5, 0.6) is 0 Å². The summed E-state index contributed by atoms with van der Waals surface area (Å²) >= 11 is 0. The lowest BCUT2D eigenvalue weighted by Crippen LogP contribution is -2.59. The molecule has 0 unspecified atom stereocenters. The summed E-state index contributed by atoms with van der Waals surface area (Å²) in [7, 11) is 1.60. The van der Waals surface area contributed by atoms with E-state index in [1.54, 1.807) is 7.05 Å². The first-order valence-electron chi connectivity index (χ1n) is 5.75. The van der Waals surface area contributed by atoms with E-state index in [0.29, 0.717) is 19.3 Å². The van der Waals surface area contributed by atoms with E-state index in [4.69, 9.17) is 0 Å². The van der Waals surface area contributed by atoms with E-state index in [1.807, 2.05) is 0 Å². The molecule has 90 valence electrons. The molecule has 0 aromatic carbocycles. The molecule has 3 aliphatic rings. The van der Waals surface area contributed by atoms with Crippen molar-refractivity contribution in [3.05, 3.63) is 0 Å². The van der Waals surface area contributed by atoms with E-state index in [1.165, 1.54) is 0 Å². The highest BCUT2D eigenvalue weighted by Crippen LogP contribution is 2.52. The lowest BCUT2D eigenvalue weighted by molar-refractivity contribution is -0.156. The van der Waals surface area contributed by atoms with E-state index >= 15 is 0 Å². The summed E-state index contributed by atoms with van der Waals surface area (Å²) in [6.45, 7) is 0. The highest BCUT2D eigenvalue weighted by molar-refractivity contribution is 5.77. The van der Waals surface area contributed by atoms with Crippen LogP contribution in [-0.4, -0.2) is 29.7 Å². The highest BCUT2D eigenvalue weighted by atomic mass is 16.4. The number of carbonyl (C=O) groups excluding carboxylic acids is 1. The Balaban J connectivity index is 2.05. The van der Waals surface area contributed by atoms with E-state index < -0.39 is 11.4 Å². The first-order chi connectivity index (χ1) is 7.52. The van der Waals surface area contributed by atoms with Crippen molar-refractivity contribution in [2.45, 2.75) is 44.1 Å². The number of hydrogen-bond acceptors (Lipinski definition) is 2. The maximum Gasteiger partial charge on any atom is 0.314 e. The Morgan fingerprint density at radius 3 is 1.94 bits per heavy atom. The van der Waals surface area contributed by atoms with Crippen molar-refractivity contribution in [3.8, 4) is 0 Å². The Kier molecular flexibility index (Phi) is 2.56. The van der Waals surface area contributed by atoms with Gasteiger partial charge in [0, 0.05) is 12.6 Å². The van der Waals surface area contributed by atoms with Crippen LogP contribution in [-0.2, 0) is 4.79 Å². The maximum absolute atomic E-state index is 11.3. The zero-order chi connectivity index (χ0) is 11.8. The van der Waals surface area contributed by atoms with Crippen molar-refractivity contribution in [1.82, 2.24) is 10.6 Å². The zero-order valence-corrected chi connectivity index (χ0v) is 9.51. The molecule has 0 heterocycles. The predicted octanol–water partition coefficient (Wildman–Crippen LogP) is 1.09. The molecule has 0 saturated heterocycles. The molecule has 0 aromatic heterocycles. The molecule has 0 aromatic rings. The number of carboxylic acids is 1. The molecule has 0 radical (unpaired) electrons. The zero-order valence-electron chi connectivity index (χ0n) is 9.51. The molecule has 16 heavy (non-hydrogen) atoms. The van der Waals surface area contributed by atoms with Gasteiger partial charge in [-0.2, -0.15) is 0 Å². The molecule has 3 N–H and O–H groups in total. The van der Waals surface area contributed by atoms with Crippen molar-refractivity contribution >= 4 is 12.0 Å². The molecule has 0 atom stereocenters. The van der Waals surface area contributed by atoms with Gasteiger partial charge >= 0.3 is 12.0 Å². The molecule has 2 bridgehead atoms. The van der Waals surface area contributed by atoms with Crippen LogP contribution in [0.1, 0.15) is 38.5 Å². The van der Waals surface area contributed by atoms with Crippen molar-refractivity contribution < 1.29 is 14.7 Å². The van der Waals surface area contributed by atoms with Crippen molar-refractivity contribution in [1.29, 1.82) is 0 Å². The van der Waals surface area contributed by atoms with Gasteiger partial charge in [0.15, 0.2) is 0 Å². The molecule has 5 nitrogen and oxygen atoms in total.